The van der Waals surface area contributed by atoms with Crippen molar-refractivity contribution in [2.45, 2.75) is 76.7 Å². The predicted octanol–water partition coefficient (Wildman–Crippen LogP) is 6.30. The van der Waals surface area contributed by atoms with Gasteiger partial charge in [0.1, 0.15) is 0 Å². The van der Waals surface area contributed by atoms with Gasteiger partial charge in [-0.1, -0.05) is 32.0 Å². The SMILES string of the molecule is CCC(C)(c1cccc(C(F)(F)F)c1)[Si](C)(C)OC(C)(C)[Si](C)(C)OC. The zero-order valence-electron chi connectivity index (χ0n) is 17.5. The lowest BCUT2D eigenvalue weighted by atomic mass is 9.95. The van der Waals surface area contributed by atoms with Gasteiger partial charge in [-0.2, -0.15) is 13.2 Å². The van der Waals surface area contributed by atoms with Crippen molar-refractivity contribution in [1.29, 1.82) is 0 Å². The Kier molecular flexibility index (Phi) is 6.67. The van der Waals surface area contributed by atoms with Crippen molar-refractivity contribution in [3.05, 3.63) is 35.4 Å². The molecule has 1 aromatic rings. The fourth-order valence-corrected chi connectivity index (χ4v) is 8.58. The maximum atomic E-state index is 13.2. The molecule has 7 heteroatoms. The molecule has 0 amide bonds. The van der Waals surface area contributed by atoms with Gasteiger partial charge in [-0.25, -0.2) is 0 Å². The highest BCUT2D eigenvalue weighted by Gasteiger charge is 2.52. The lowest BCUT2D eigenvalue weighted by Crippen LogP contribution is -2.63. The van der Waals surface area contributed by atoms with E-state index in [1.807, 2.05) is 27.7 Å². The van der Waals surface area contributed by atoms with Crippen LogP contribution in [0.5, 0.6) is 0 Å². The van der Waals surface area contributed by atoms with Crippen LogP contribution in [0.3, 0.4) is 0 Å². The third-order valence-electron chi connectivity index (χ3n) is 6.33. The summed E-state index contributed by atoms with van der Waals surface area (Å²) in [6.07, 6.45) is -3.64. The first kappa shape index (κ1) is 23.4. The summed E-state index contributed by atoms with van der Waals surface area (Å²) in [5, 5.41) is -0.903. The van der Waals surface area contributed by atoms with E-state index in [-0.39, 0.29) is 0 Å². The molecule has 0 bridgehead atoms. The molecule has 0 aliphatic carbocycles. The highest BCUT2D eigenvalue weighted by molar-refractivity contribution is 6.78. The molecule has 1 unspecified atom stereocenters. The Morgan fingerprint density at radius 2 is 1.42 bits per heavy atom. The Hall–Kier alpha value is -0.636. The summed E-state index contributed by atoms with van der Waals surface area (Å²) in [6.45, 7) is 16.5. The molecule has 0 aliphatic rings. The molecule has 2 nitrogen and oxygen atoms in total. The summed E-state index contributed by atoms with van der Waals surface area (Å²) in [4.78, 5) is 0. The molecule has 26 heavy (non-hydrogen) atoms. The molecule has 1 aromatic carbocycles. The Labute approximate surface area is 158 Å². The zero-order chi connectivity index (χ0) is 20.6. The summed E-state index contributed by atoms with van der Waals surface area (Å²) < 4.78 is 52.1. The van der Waals surface area contributed by atoms with E-state index >= 15 is 0 Å². The maximum absolute atomic E-state index is 13.2. The lowest BCUT2D eigenvalue weighted by molar-refractivity contribution is -0.137. The van der Waals surface area contributed by atoms with E-state index < -0.39 is 38.6 Å². The van der Waals surface area contributed by atoms with E-state index in [1.54, 1.807) is 13.2 Å². The number of hydrogen-bond acceptors (Lipinski definition) is 2. The third-order valence-corrected chi connectivity index (χ3v) is 14.9. The minimum atomic E-state index is -4.35. The van der Waals surface area contributed by atoms with Gasteiger partial charge in [0.05, 0.1) is 10.8 Å². The molecule has 0 aliphatic heterocycles. The van der Waals surface area contributed by atoms with E-state index in [4.69, 9.17) is 8.85 Å². The summed E-state index contributed by atoms with van der Waals surface area (Å²) in [6, 6.07) is 5.70. The number of benzene rings is 1. The van der Waals surface area contributed by atoms with Crippen LogP contribution in [-0.4, -0.2) is 29.0 Å². The molecule has 0 radical (unpaired) electrons. The molecule has 0 fully saturated rings. The van der Waals surface area contributed by atoms with Crippen molar-refractivity contribution in [3.63, 3.8) is 0 Å². The van der Waals surface area contributed by atoms with Gasteiger partial charge < -0.3 is 8.85 Å². The number of hydrogen-bond donors (Lipinski definition) is 0. The Balaban J connectivity index is 3.38. The van der Waals surface area contributed by atoms with Crippen LogP contribution >= 0.6 is 0 Å². The standard InChI is InChI=1S/C19H33F3O2Si2/c1-10-18(4,15-12-11-13-16(14-15)19(20,21)22)26(8,9)24-17(2,3)25(6,7)23-5/h11-14H,10H2,1-9H3. The minimum Gasteiger partial charge on any atom is -0.418 e. The van der Waals surface area contributed by atoms with Crippen molar-refractivity contribution in [1.82, 2.24) is 0 Å². The van der Waals surface area contributed by atoms with Crippen LogP contribution in [0.1, 0.15) is 45.2 Å². The largest absolute Gasteiger partial charge is 0.418 e. The van der Waals surface area contributed by atoms with Crippen molar-refractivity contribution in [3.8, 4) is 0 Å². The average molecular weight is 407 g/mol. The molecule has 1 atom stereocenters. The molecule has 0 heterocycles. The van der Waals surface area contributed by atoms with Crippen molar-refractivity contribution >= 4 is 16.6 Å². The van der Waals surface area contributed by atoms with Gasteiger partial charge in [-0.15, -0.1) is 0 Å². The second kappa shape index (κ2) is 7.41. The van der Waals surface area contributed by atoms with Gasteiger partial charge >= 0.3 is 6.18 Å². The normalized spacial score (nSPS) is 16.5. The second-order valence-electron chi connectivity index (χ2n) is 8.60. The van der Waals surface area contributed by atoms with Crippen LogP contribution in [-0.2, 0) is 20.1 Å². The summed E-state index contributed by atoms with van der Waals surface area (Å²) >= 11 is 0. The van der Waals surface area contributed by atoms with Crippen LogP contribution in [0.15, 0.2) is 24.3 Å². The first-order valence-electron chi connectivity index (χ1n) is 8.97. The number of rotatable bonds is 7. The topological polar surface area (TPSA) is 18.5 Å². The van der Waals surface area contributed by atoms with Gasteiger partial charge in [0.25, 0.3) is 0 Å². The molecule has 0 saturated carbocycles. The Morgan fingerprint density at radius 1 is 0.923 bits per heavy atom. The van der Waals surface area contributed by atoms with Crippen LogP contribution in [0, 0.1) is 0 Å². The van der Waals surface area contributed by atoms with Crippen LogP contribution in [0.4, 0.5) is 13.2 Å². The smallest absolute Gasteiger partial charge is 0.416 e. The van der Waals surface area contributed by atoms with Crippen molar-refractivity contribution < 1.29 is 22.0 Å². The van der Waals surface area contributed by atoms with E-state index in [1.165, 1.54) is 12.1 Å². The molecule has 150 valence electrons. The predicted molar refractivity (Wildman–Crippen MR) is 106 cm³/mol. The fraction of sp³-hybridized carbons (Fsp3) is 0.684. The summed E-state index contributed by atoms with van der Waals surface area (Å²) in [5.41, 5.74) is 0.0875. The molecule has 1 rings (SSSR count). The summed E-state index contributed by atoms with van der Waals surface area (Å²) in [5.74, 6) is 0. The highest BCUT2D eigenvalue weighted by atomic mass is 28.4. The zero-order valence-corrected chi connectivity index (χ0v) is 19.5. The fourth-order valence-electron chi connectivity index (χ4n) is 3.14. The first-order valence-corrected chi connectivity index (χ1v) is 14.8. The van der Waals surface area contributed by atoms with E-state index in [9.17, 15) is 13.2 Å². The van der Waals surface area contributed by atoms with E-state index in [0.29, 0.717) is 12.0 Å². The van der Waals surface area contributed by atoms with Gasteiger partial charge in [-0.05, 0) is 58.1 Å². The molecular formula is C19H33F3O2Si2. The Morgan fingerprint density at radius 3 is 1.85 bits per heavy atom. The van der Waals surface area contributed by atoms with Crippen LogP contribution in [0.2, 0.25) is 26.2 Å². The van der Waals surface area contributed by atoms with Crippen LogP contribution in [0.25, 0.3) is 0 Å². The second-order valence-corrected chi connectivity index (χ2v) is 17.6. The molecule has 0 aromatic heterocycles. The van der Waals surface area contributed by atoms with Crippen molar-refractivity contribution in [2.75, 3.05) is 7.11 Å². The molecule has 0 N–H and O–H groups in total. The third kappa shape index (κ3) is 4.43. The highest BCUT2D eigenvalue weighted by Crippen LogP contribution is 2.43. The summed E-state index contributed by atoms with van der Waals surface area (Å²) in [7, 11) is -2.86. The maximum Gasteiger partial charge on any atom is 0.416 e. The number of alkyl halides is 3. The van der Waals surface area contributed by atoms with E-state index in [0.717, 1.165) is 6.07 Å². The minimum absolute atomic E-state index is 0.449. The molecular weight excluding hydrogens is 373 g/mol. The molecule has 0 spiro atoms. The monoisotopic (exact) mass is 406 g/mol. The first-order chi connectivity index (χ1) is 11.5. The van der Waals surface area contributed by atoms with Crippen molar-refractivity contribution in [2.24, 2.45) is 0 Å². The average Bonchev–Trinajstić information content (AvgIpc) is 2.52. The Bertz CT molecular complexity index is 627. The van der Waals surface area contributed by atoms with Gasteiger partial charge in [0, 0.05) is 12.1 Å². The van der Waals surface area contributed by atoms with Gasteiger partial charge in [-0.3, -0.25) is 0 Å². The lowest BCUT2D eigenvalue weighted by Gasteiger charge is -2.50. The van der Waals surface area contributed by atoms with Gasteiger partial charge in [0.2, 0.25) is 8.32 Å². The quantitative estimate of drug-likeness (QED) is 0.494. The van der Waals surface area contributed by atoms with E-state index in [2.05, 4.69) is 26.2 Å². The van der Waals surface area contributed by atoms with Crippen LogP contribution < -0.4 is 0 Å². The molecule has 0 saturated heterocycles. The number of halogens is 3. The van der Waals surface area contributed by atoms with Gasteiger partial charge in [0.15, 0.2) is 8.32 Å².